The summed E-state index contributed by atoms with van der Waals surface area (Å²) in [7, 11) is 1.56. The van der Waals surface area contributed by atoms with Crippen molar-refractivity contribution in [3.8, 4) is 5.75 Å². The highest BCUT2D eigenvalue weighted by molar-refractivity contribution is 5.82. The Morgan fingerprint density at radius 1 is 1.27 bits per heavy atom. The SMILES string of the molecule is COc1cccc(C(O)C(=O)NC2CCc3ccccc32)c1. The highest BCUT2D eigenvalue weighted by Gasteiger charge is 2.26. The Kier molecular flexibility index (Phi) is 4.11. The zero-order chi connectivity index (χ0) is 15.5. The van der Waals surface area contributed by atoms with Crippen molar-refractivity contribution >= 4 is 5.91 Å². The number of benzene rings is 2. The van der Waals surface area contributed by atoms with E-state index >= 15 is 0 Å². The molecule has 0 bridgehead atoms. The Labute approximate surface area is 129 Å². The summed E-state index contributed by atoms with van der Waals surface area (Å²) in [5.41, 5.74) is 2.94. The first-order valence-corrected chi connectivity index (χ1v) is 7.39. The second-order valence-corrected chi connectivity index (χ2v) is 5.48. The summed E-state index contributed by atoms with van der Waals surface area (Å²) in [6.07, 6.45) is 0.634. The molecule has 0 spiro atoms. The quantitative estimate of drug-likeness (QED) is 0.911. The number of ether oxygens (including phenoxy) is 1. The average molecular weight is 297 g/mol. The molecule has 4 heteroatoms. The Balaban J connectivity index is 1.72. The van der Waals surface area contributed by atoms with Gasteiger partial charge in [-0.25, -0.2) is 0 Å². The molecular weight excluding hydrogens is 278 g/mol. The Hall–Kier alpha value is -2.33. The Bertz CT molecular complexity index is 684. The third-order valence-corrected chi connectivity index (χ3v) is 4.11. The number of amides is 1. The van der Waals surface area contributed by atoms with E-state index < -0.39 is 6.10 Å². The molecule has 2 aromatic rings. The van der Waals surface area contributed by atoms with Crippen LogP contribution < -0.4 is 10.1 Å². The lowest BCUT2D eigenvalue weighted by atomic mass is 10.1. The van der Waals surface area contributed by atoms with Crippen LogP contribution in [0.3, 0.4) is 0 Å². The maximum Gasteiger partial charge on any atom is 0.253 e. The van der Waals surface area contributed by atoms with Crippen molar-refractivity contribution in [3.63, 3.8) is 0 Å². The molecule has 2 unspecified atom stereocenters. The van der Waals surface area contributed by atoms with Crippen LogP contribution in [-0.4, -0.2) is 18.1 Å². The highest BCUT2D eigenvalue weighted by atomic mass is 16.5. The van der Waals surface area contributed by atoms with Gasteiger partial charge in [0, 0.05) is 0 Å². The molecule has 1 amide bonds. The molecule has 1 aliphatic rings. The van der Waals surface area contributed by atoms with Crippen LogP contribution in [0.5, 0.6) is 5.75 Å². The van der Waals surface area contributed by atoms with Crippen molar-refractivity contribution in [2.24, 2.45) is 0 Å². The minimum Gasteiger partial charge on any atom is -0.497 e. The van der Waals surface area contributed by atoms with Gasteiger partial charge in [0.25, 0.3) is 5.91 Å². The number of carbonyl (C=O) groups is 1. The van der Waals surface area contributed by atoms with Crippen LogP contribution in [0.4, 0.5) is 0 Å². The van der Waals surface area contributed by atoms with Gasteiger partial charge >= 0.3 is 0 Å². The van der Waals surface area contributed by atoms with Gasteiger partial charge in [-0.3, -0.25) is 4.79 Å². The van der Waals surface area contributed by atoms with Crippen molar-refractivity contribution in [1.82, 2.24) is 5.32 Å². The van der Waals surface area contributed by atoms with E-state index in [9.17, 15) is 9.90 Å². The number of carbonyl (C=O) groups excluding carboxylic acids is 1. The molecule has 0 aromatic heterocycles. The first kappa shape index (κ1) is 14.6. The van der Waals surface area contributed by atoms with E-state index in [1.54, 1.807) is 31.4 Å². The fraction of sp³-hybridized carbons (Fsp3) is 0.278. The van der Waals surface area contributed by atoms with Crippen molar-refractivity contribution in [3.05, 3.63) is 65.2 Å². The van der Waals surface area contributed by atoms with E-state index in [2.05, 4.69) is 11.4 Å². The molecule has 2 atom stereocenters. The molecule has 0 fully saturated rings. The van der Waals surface area contributed by atoms with Crippen molar-refractivity contribution in [1.29, 1.82) is 0 Å². The summed E-state index contributed by atoms with van der Waals surface area (Å²) in [5, 5.41) is 13.2. The van der Waals surface area contributed by atoms with Gasteiger partial charge in [0.05, 0.1) is 13.2 Å². The number of rotatable bonds is 4. The van der Waals surface area contributed by atoms with Crippen molar-refractivity contribution in [2.75, 3.05) is 7.11 Å². The molecule has 3 rings (SSSR count). The van der Waals surface area contributed by atoms with E-state index in [0.29, 0.717) is 11.3 Å². The number of nitrogens with one attached hydrogen (secondary N) is 1. The molecule has 2 aromatic carbocycles. The summed E-state index contributed by atoms with van der Waals surface area (Å²) in [4.78, 5) is 12.3. The maximum absolute atomic E-state index is 12.3. The van der Waals surface area contributed by atoms with Gasteiger partial charge in [0.2, 0.25) is 0 Å². The number of hydrogen-bond acceptors (Lipinski definition) is 3. The van der Waals surface area contributed by atoms with Crippen LogP contribution in [0.2, 0.25) is 0 Å². The third-order valence-electron chi connectivity index (χ3n) is 4.11. The smallest absolute Gasteiger partial charge is 0.253 e. The fourth-order valence-electron chi connectivity index (χ4n) is 2.92. The number of methoxy groups -OCH3 is 1. The number of aliphatic hydroxyl groups is 1. The molecular formula is C18H19NO3. The van der Waals surface area contributed by atoms with Crippen LogP contribution in [0.15, 0.2) is 48.5 Å². The predicted octanol–water partition coefficient (Wildman–Crippen LogP) is 2.53. The molecule has 2 N–H and O–H groups in total. The second kappa shape index (κ2) is 6.20. The Morgan fingerprint density at radius 2 is 2.09 bits per heavy atom. The minimum absolute atomic E-state index is 0.0241. The summed E-state index contributed by atoms with van der Waals surface area (Å²) in [6, 6.07) is 15.0. The van der Waals surface area contributed by atoms with E-state index in [1.165, 1.54) is 5.56 Å². The van der Waals surface area contributed by atoms with Gasteiger partial charge in [-0.1, -0.05) is 36.4 Å². The first-order valence-electron chi connectivity index (χ1n) is 7.39. The van der Waals surface area contributed by atoms with E-state index in [4.69, 9.17) is 4.74 Å². The number of fused-ring (bicyclic) bond motifs is 1. The normalized spacial score (nSPS) is 17.6. The molecule has 4 nitrogen and oxygen atoms in total. The summed E-state index contributed by atoms with van der Waals surface area (Å²) in [5.74, 6) is 0.241. The van der Waals surface area contributed by atoms with E-state index in [0.717, 1.165) is 18.4 Å². The topological polar surface area (TPSA) is 58.6 Å². The largest absolute Gasteiger partial charge is 0.497 e. The van der Waals surface area contributed by atoms with Gasteiger partial charge < -0.3 is 15.2 Å². The van der Waals surface area contributed by atoms with Gasteiger partial charge in [0.15, 0.2) is 6.10 Å². The van der Waals surface area contributed by atoms with Crippen molar-refractivity contribution < 1.29 is 14.6 Å². The standard InChI is InChI=1S/C18H19NO3/c1-22-14-7-4-6-13(11-14)17(20)18(21)19-16-10-9-12-5-2-3-8-15(12)16/h2-8,11,16-17,20H,9-10H2,1H3,(H,19,21). The summed E-state index contributed by atoms with van der Waals surface area (Å²) >= 11 is 0. The van der Waals surface area contributed by atoms with Gasteiger partial charge in [-0.2, -0.15) is 0 Å². The predicted molar refractivity (Wildman–Crippen MR) is 83.6 cm³/mol. The lowest BCUT2D eigenvalue weighted by Gasteiger charge is -2.18. The molecule has 22 heavy (non-hydrogen) atoms. The van der Waals surface area contributed by atoms with Crippen LogP contribution in [0.1, 0.15) is 35.3 Å². The van der Waals surface area contributed by atoms with Crippen LogP contribution in [0.25, 0.3) is 0 Å². The number of aryl methyl sites for hydroxylation is 1. The Morgan fingerprint density at radius 3 is 2.91 bits per heavy atom. The van der Waals surface area contributed by atoms with Crippen molar-refractivity contribution in [2.45, 2.75) is 25.0 Å². The molecule has 0 aliphatic heterocycles. The molecule has 0 radical (unpaired) electrons. The van der Waals surface area contributed by atoms with Crippen LogP contribution in [-0.2, 0) is 11.2 Å². The van der Waals surface area contributed by atoms with Gasteiger partial charge in [-0.05, 0) is 41.7 Å². The number of hydrogen-bond donors (Lipinski definition) is 2. The molecule has 0 heterocycles. The first-order chi connectivity index (χ1) is 10.7. The molecule has 0 saturated carbocycles. The maximum atomic E-state index is 12.3. The zero-order valence-electron chi connectivity index (χ0n) is 12.5. The van der Waals surface area contributed by atoms with Crippen LogP contribution >= 0.6 is 0 Å². The second-order valence-electron chi connectivity index (χ2n) is 5.48. The fourth-order valence-corrected chi connectivity index (χ4v) is 2.92. The summed E-state index contributed by atoms with van der Waals surface area (Å²) in [6.45, 7) is 0. The minimum atomic E-state index is -1.19. The van der Waals surface area contributed by atoms with E-state index in [1.807, 2.05) is 18.2 Å². The monoisotopic (exact) mass is 297 g/mol. The summed E-state index contributed by atoms with van der Waals surface area (Å²) < 4.78 is 5.12. The zero-order valence-corrected chi connectivity index (χ0v) is 12.5. The molecule has 114 valence electrons. The lowest BCUT2D eigenvalue weighted by molar-refractivity contribution is -0.130. The highest BCUT2D eigenvalue weighted by Crippen LogP contribution is 2.31. The molecule has 0 saturated heterocycles. The average Bonchev–Trinajstić information content (AvgIpc) is 2.97. The third kappa shape index (κ3) is 2.83. The van der Waals surface area contributed by atoms with Crippen LogP contribution in [0, 0.1) is 0 Å². The lowest BCUT2D eigenvalue weighted by Crippen LogP contribution is -2.32. The van der Waals surface area contributed by atoms with Gasteiger partial charge in [-0.15, -0.1) is 0 Å². The van der Waals surface area contributed by atoms with Gasteiger partial charge in [0.1, 0.15) is 5.75 Å². The van der Waals surface area contributed by atoms with E-state index in [-0.39, 0.29) is 11.9 Å². The number of aliphatic hydroxyl groups excluding tert-OH is 1. The molecule has 1 aliphatic carbocycles.